The average molecular weight is 374 g/mol. The van der Waals surface area contributed by atoms with Crippen molar-refractivity contribution in [3.05, 3.63) is 57.8 Å². The molecule has 140 valence electrons. The molecule has 1 atom stereocenters. The maximum Gasteiger partial charge on any atom is 0.251 e. The van der Waals surface area contributed by atoms with E-state index in [4.69, 9.17) is 0 Å². The lowest BCUT2D eigenvalue weighted by Gasteiger charge is -2.23. The number of carbonyl (C=O) groups is 2. The maximum atomic E-state index is 12.4. The Morgan fingerprint density at radius 1 is 1.04 bits per heavy atom. The zero-order valence-corrected chi connectivity index (χ0v) is 16.8. The predicted octanol–water partition coefficient (Wildman–Crippen LogP) is 3.31. The van der Waals surface area contributed by atoms with Gasteiger partial charge < -0.3 is 15.5 Å². The molecular weight excluding hydrogens is 346 g/mol. The first-order valence-corrected chi connectivity index (χ1v) is 9.46. The lowest BCUT2D eigenvalue weighted by molar-refractivity contribution is 0.0914. The lowest BCUT2D eigenvalue weighted by atomic mass is 10.1. The summed E-state index contributed by atoms with van der Waals surface area (Å²) in [5.41, 5.74) is 0.790. The molecule has 0 aliphatic carbocycles. The number of hydrogen-bond acceptors (Lipinski definition) is 4. The highest BCUT2D eigenvalue weighted by Gasteiger charge is 2.18. The monoisotopic (exact) mass is 373 g/mol. The predicted molar refractivity (Wildman–Crippen MR) is 107 cm³/mol. The van der Waals surface area contributed by atoms with Crippen LogP contribution in [0.1, 0.15) is 52.4 Å². The molecule has 1 unspecified atom stereocenters. The van der Waals surface area contributed by atoms with E-state index in [0.717, 1.165) is 0 Å². The molecule has 0 bridgehead atoms. The normalized spacial score (nSPS) is 12.7. The van der Waals surface area contributed by atoms with Gasteiger partial charge in [-0.1, -0.05) is 6.07 Å². The van der Waals surface area contributed by atoms with E-state index in [0.29, 0.717) is 17.7 Å². The van der Waals surface area contributed by atoms with Crippen LogP contribution in [0.25, 0.3) is 0 Å². The van der Waals surface area contributed by atoms with Gasteiger partial charge in [-0.3, -0.25) is 9.59 Å². The molecule has 26 heavy (non-hydrogen) atoms. The fourth-order valence-corrected chi connectivity index (χ4v) is 3.42. The summed E-state index contributed by atoms with van der Waals surface area (Å²) < 4.78 is 0. The number of benzene rings is 1. The molecule has 0 saturated carbocycles. The van der Waals surface area contributed by atoms with Crippen molar-refractivity contribution in [1.82, 2.24) is 15.5 Å². The van der Waals surface area contributed by atoms with Crippen LogP contribution in [0, 0.1) is 0 Å². The van der Waals surface area contributed by atoms with E-state index in [9.17, 15) is 9.59 Å². The topological polar surface area (TPSA) is 61.4 Å². The highest BCUT2D eigenvalue weighted by Crippen LogP contribution is 2.22. The van der Waals surface area contributed by atoms with Crippen LogP contribution in [0.5, 0.6) is 0 Å². The number of thiophene rings is 1. The van der Waals surface area contributed by atoms with Crippen LogP contribution >= 0.6 is 11.3 Å². The maximum absolute atomic E-state index is 12.4. The first kappa shape index (κ1) is 20.1. The van der Waals surface area contributed by atoms with Crippen molar-refractivity contribution in [3.63, 3.8) is 0 Å². The molecule has 0 radical (unpaired) electrons. The molecule has 2 amide bonds. The minimum Gasteiger partial charge on any atom is -0.350 e. The molecule has 0 aliphatic heterocycles. The SMILES string of the molecule is CN(C)C(CNC(=O)c1ccc(C(=O)NC(C)(C)C)cc1)c1cccs1. The van der Waals surface area contributed by atoms with E-state index >= 15 is 0 Å². The smallest absolute Gasteiger partial charge is 0.251 e. The number of nitrogens with one attached hydrogen (secondary N) is 2. The Bertz CT molecular complexity index is 731. The number of nitrogens with zero attached hydrogens (tertiary/aromatic N) is 1. The summed E-state index contributed by atoms with van der Waals surface area (Å²) >= 11 is 1.68. The van der Waals surface area contributed by atoms with Gasteiger partial charge in [0.25, 0.3) is 11.8 Å². The van der Waals surface area contributed by atoms with E-state index in [1.54, 1.807) is 35.6 Å². The van der Waals surface area contributed by atoms with Crippen LogP contribution in [0.2, 0.25) is 0 Å². The highest BCUT2D eigenvalue weighted by atomic mass is 32.1. The van der Waals surface area contributed by atoms with Gasteiger partial charge in [0.2, 0.25) is 0 Å². The molecule has 6 heteroatoms. The number of likely N-dealkylation sites (N-methyl/N-ethyl adjacent to an activating group) is 1. The molecule has 1 heterocycles. The van der Waals surface area contributed by atoms with E-state index in [1.807, 2.05) is 46.3 Å². The first-order chi connectivity index (χ1) is 12.2. The van der Waals surface area contributed by atoms with Gasteiger partial charge in [0.1, 0.15) is 0 Å². The zero-order chi connectivity index (χ0) is 19.3. The molecule has 0 aliphatic rings. The van der Waals surface area contributed by atoms with Gasteiger partial charge in [-0.25, -0.2) is 0 Å². The lowest BCUT2D eigenvalue weighted by Crippen LogP contribution is -2.40. The molecule has 0 fully saturated rings. The molecule has 2 aromatic rings. The quantitative estimate of drug-likeness (QED) is 0.817. The van der Waals surface area contributed by atoms with Gasteiger partial charge in [-0.05, 0) is 70.6 Å². The zero-order valence-electron chi connectivity index (χ0n) is 16.0. The number of carbonyl (C=O) groups excluding carboxylic acids is 2. The molecule has 0 saturated heterocycles. The Morgan fingerprint density at radius 3 is 2.08 bits per heavy atom. The minimum absolute atomic E-state index is 0.135. The van der Waals surface area contributed by atoms with Gasteiger partial charge >= 0.3 is 0 Å². The molecule has 5 nitrogen and oxygen atoms in total. The van der Waals surface area contributed by atoms with Crippen molar-refractivity contribution in [2.24, 2.45) is 0 Å². The summed E-state index contributed by atoms with van der Waals surface area (Å²) in [4.78, 5) is 27.9. The second kappa shape index (κ2) is 8.47. The van der Waals surface area contributed by atoms with Crippen molar-refractivity contribution in [2.45, 2.75) is 32.4 Å². The third-order valence-corrected chi connectivity index (χ3v) is 4.82. The Labute approximate surface area is 159 Å². The second-order valence-corrected chi connectivity index (χ2v) is 8.47. The third kappa shape index (κ3) is 5.68. The first-order valence-electron chi connectivity index (χ1n) is 8.58. The van der Waals surface area contributed by atoms with Crippen molar-refractivity contribution in [1.29, 1.82) is 0 Å². The summed E-state index contributed by atoms with van der Waals surface area (Å²) in [6, 6.07) is 10.9. The van der Waals surface area contributed by atoms with E-state index in [1.165, 1.54) is 4.88 Å². The van der Waals surface area contributed by atoms with Crippen LogP contribution in [0.3, 0.4) is 0 Å². The fraction of sp³-hybridized carbons (Fsp3) is 0.400. The summed E-state index contributed by atoms with van der Waals surface area (Å²) in [6.07, 6.45) is 0. The highest BCUT2D eigenvalue weighted by molar-refractivity contribution is 7.10. The van der Waals surface area contributed by atoms with Crippen LogP contribution in [-0.4, -0.2) is 42.9 Å². The van der Waals surface area contributed by atoms with E-state index < -0.39 is 0 Å². The Balaban J connectivity index is 1.98. The number of amides is 2. The molecule has 2 N–H and O–H groups in total. The Hall–Kier alpha value is -2.18. The summed E-state index contributed by atoms with van der Waals surface area (Å²) in [7, 11) is 4.00. The van der Waals surface area contributed by atoms with Gasteiger partial charge in [-0.2, -0.15) is 0 Å². The summed E-state index contributed by atoms with van der Waals surface area (Å²) in [6.45, 7) is 6.32. The van der Waals surface area contributed by atoms with Gasteiger partial charge in [-0.15, -0.1) is 11.3 Å². The number of rotatable bonds is 6. The van der Waals surface area contributed by atoms with E-state index in [2.05, 4.69) is 21.6 Å². The molecule has 1 aromatic heterocycles. The van der Waals surface area contributed by atoms with Crippen LogP contribution in [0.15, 0.2) is 41.8 Å². The van der Waals surface area contributed by atoms with Crippen molar-refractivity contribution in [2.75, 3.05) is 20.6 Å². The Morgan fingerprint density at radius 2 is 1.62 bits per heavy atom. The van der Waals surface area contributed by atoms with Crippen LogP contribution in [0.4, 0.5) is 0 Å². The molecule has 1 aromatic carbocycles. The van der Waals surface area contributed by atoms with Crippen LogP contribution in [-0.2, 0) is 0 Å². The third-order valence-electron chi connectivity index (χ3n) is 3.85. The van der Waals surface area contributed by atoms with Gasteiger partial charge in [0, 0.05) is 28.1 Å². The Kier molecular flexibility index (Phi) is 6.56. The van der Waals surface area contributed by atoms with Gasteiger partial charge in [0.05, 0.1) is 6.04 Å². The van der Waals surface area contributed by atoms with Gasteiger partial charge in [0.15, 0.2) is 0 Å². The average Bonchev–Trinajstić information content (AvgIpc) is 3.07. The van der Waals surface area contributed by atoms with Crippen molar-refractivity contribution < 1.29 is 9.59 Å². The minimum atomic E-state index is -0.296. The summed E-state index contributed by atoms with van der Waals surface area (Å²) in [5, 5.41) is 7.93. The van der Waals surface area contributed by atoms with Crippen LogP contribution < -0.4 is 10.6 Å². The standard InChI is InChI=1S/C20H27N3O2S/c1-20(2,3)22-19(25)15-10-8-14(9-11-15)18(24)21-13-16(23(4)5)17-7-6-12-26-17/h6-12,16H,13H2,1-5H3,(H,21,24)(H,22,25). The van der Waals surface area contributed by atoms with E-state index in [-0.39, 0.29) is 23.4 Å². The summed E-state index contributed by atoms with van der Waals surface area (Å²) in [5.74, 6) is -0.286. The fourth-order valence-electron chi connectivity index (χ4n) is 2.50. The van der Waals surface area contributed by atoms with Crippen molar-refractivity contribution in [3.8, 4) is 0 Å². The second-order valence-electron chi connectivity index (χ2n) is 7.49. The molecule has 0 spiro atoms. The van der Waals surface area contributed by atoms with Crippen molar-refractivity contribution >= 4 is 23.2 Å². The number of hydrogen-bond donors (Lipinski definition) is 2. The molecule has 2 rings (SSSR count). The molecular formula is C20H27N3O2S. The largest absolute Gasteiger partial charge is 0.350 e.